The molecule has 1 aliphatic carbocycles. The van der Waals surface area contributed by atoms with Gasteiger partial charge in [0.05, 0.1) is 0 Å². The van der Waals surface area contributed by atoms with E-state index in [0.29, 0.717) is 29.4 Å². The monoisotopic (exact) mass is 466 g/mol. The molecule has 3 aromatic rings. The quantitative estimate of drug-likeness (QED) is 0.429. The summed E-state index contributed by atoms with van der Waals surface area (Å²) in [6.07, 6.45) is 8.13. The molecule has 0 radical (unpaired) electrons. The molecule has 2 atom stereocenters. The predicted molar refractivity (Wildman–Crippen MR) is 129 cm³/mol. The highest BCUT2D eigenvalue weighted by molar-refractivity contribution is 5.97. The van der Waals surface area contributed by atoms with Crippen LogP contribution >= 0.6 is 0 Å². The topological polar surface area (TPSA) is 95.7 Å². The molecular formula is C26H31FN4O3. The number of anilines is 1. The first-order valence-electron chi connectivity index (χ1n) is 12.0. The molecule has 8 heteroatoms. The van der Waals surface area contributed by atoms with Crippen molar-refractivity contribution in [3.05, 3.63) is 54.0 Å². The van der Waals surface area contributed by atoms with E-state index in [1.165, 1.54) is 31.4 Å². The molecule has 1 amide bonds. The van der Waals surface area contributed by atoms with Crippen LogP contribution in [-0.4, -0.2) is 38.5 Å². The fourth-order valence-corrected chi connectivity index (χ4v) is 4.48. The molecule has 3 N–H and O–H groups in total. The average molecular weight is 467 g/mol. The Bertz CT molecular complexity index is 1170. The summed E-state index contributed by atoms with van der Waals surface area (Å²) >= 11 is 0. The number of aromatic nitrogens is 2. The fraction of sp³-hybridized carbons (Fsp3) is 0.423. The van der Waals surface area contributed by atoms with Gasteiger partial charge in [-0.3, -0.25) is 9.20 Å². The third kappa shape index (κ3) is 5.05. The molecule has 1 fully saturated rings. The number of carbonyl (C=O) groups excluding carboxylic acids is 1. The maximum Gasteiger partial charge on any atom is 0.326 e. The number of aliphatic carboxylic acids is 1. The highest BCUT2D eigenvalue weighted by Gasteiger charge is 2.26. The molecule has 7 nitrogen and oxygen atoms in total. The van der Waals surface area contributed by atoms with Crippen LogP contribution in [0.4, 0.5) is 10.2 Å². The maximum absolute atomic E-state index is 13.5. The SMILES string of the molecule is CCC(C)C(NC(=O)c1ccn2c(NC3CCCCC3)c(-c3ccc(F)cc3)nc2c1)C(=O)O. The molecule has 2 aromatic heterocycles. The summed E-state index contributed by atoms with van der Waals surface area (Å²) in [4.78, 5) is 29.3. The molecule has 180 valence electrons. The summed E-state index contributed by atoms with van der Waals surface area (Å²) in [6, 6.07) is 8.88. The molecular weight excluding hydrogens is 435 g/mol. The van der Waals surface area contributed by atoms with Crippen molar-refractivity contribution in [2.75, 3.05) is 5.32 Å². The van der Waals surface area contributed by atoms with Gasteiger partial charge in [-0.15, -0.1) is 0 Å². The van der Waals surface area contributed by atoms with Crippen molar-refractivity contribution >= 4 is 23.3 Å². The first kappa shape index (κ1) is 23.7. The molecule has 2 heterocycles. The number of nitrogens with one attached hydrogen (secondary N) is 2. The lowest BCUT2D eigenvalue weighted by atomic mass is 9.95. The minimum atomic E-state index is -1.05. The number of halogens is 1. The summed E-state index contributed by atoms with van der Waals surface area (Å²) < 4.78 is 15.4. The van der Waals surface area contributed by atoms with Crippen molar-refractivity contribution in [3.63, 3.8) is 0 Å². The van der Waals surface area contributed by atoms with Crippen molar-refractivity contribution in [1.82, 2.24) is 14.7 Å². The van der Waals surface area contributed by atoms with Crippen LogP contribution in [0.5, 0.6) is 0 Å². The molecule has 1 aromatic carbocycles. The van der Waals surface area contributed by atoms with Gasteiger partial charge in [-0.2, -0.15) is 0 Å². The molecule has 0 saturated heterocycles. The zero-order valence-corrected chi connectivity index (χ0v) is 19.6. The third-order valence-electron chi connectivity index (χ3n) is 6.72. The summed E-state index contributed by atoms with van der Waals surface area (Å²) in [7, 11) is 0. The Morgan fingerprint density at radius 2 is 1.88 bits per heavy atom. The van der Waals surface area contributed by atoms with Gasteiger partial charge in [-0.25, -0.2) is 14.2 Å². The number of carbonyl (C=O) groups is 2. The van der Waals surface area contributed by atoms with Crippen molar-refractivity contribution in [2.24, 2.45) is 5.92 Å². The third-order valence-corrected chi connectivity index (χ3v) is 6.72. The van der Waals surface area contributed by atoms with E-state index < -0.39 is 17.9 Å². The van der Waals surface area contributed by atoms with Gasteiger partial charge in [0.25, 0.3) is 5.91 Å². The number of hydrogen-bond acceptors (Lipinski definition) is 4. The van der Waals surface area contributed by atoms with E-state index in [9.17, 15) is 19.1 Å². The largest absolute Gasteiger partial charge is 0.480 e. The summed E-state index contributed by atoms with van der Waals surface area (Å²) in [6.45, 7) is 3.69. The summed E-state index contributed by atoms with van der Waals surface area (Å²) in [5.74, 6) is -1.22. The van der Waals surface area contributed by atoms with Crippen LogP contribution in [0.15, 0.2) is 42.6 Å². The number of nitrogens with zero attached hydrogens (tertiary/aromatic N) is 2. The maximum atomic E-state index is 13.5. The number of hydrogen-bond donors (Lipinski definition) is 3. The lowest BCUT2D eigenvalue weighted by molar-refractivity contribution is -0.140. The van der Waals surface area contributed by atoms with Gasteiger partial charge in [-0.05, 0) is 55.2 Å². The molecule has 1 aliphatic rings. The fourth-order valence-electron chi connectivity index (χ4n) is 4.48. The second-order valence-corrected chi connectivity index (χ2v) is 9.11. The number of fused-ring (bicyclic) bond motifs is 1. The van der Waals surface area contributed by atoms with E-state index in [0.717, 1.165) is 24.2 Å². The highest BCUT2D eigenvalue weighted by atomic mass is 19.1. The first-order chi connectivity index (χ1) is 16.4. The first-order valence-corrected chi connectivity index (χ1v) is 12.0. The van der Waals surface area contributed by atoms with Crippen molar-refractivity contribution in [2.45, 2.75) is 64.5 Å². The van der Waals surface area contributed by atoms with Gasteiger partial charge >= 0.3 is 5.97 Å². The average Bonchev–Trinajstić information content (AvgIpc) is 3.20. The predicted octanol–water partition coefficient (Wildman–Crippen LogP) is 5.11. The van der Waals surface area contributed by atoms with E-state index >= 15 is 0 Å². The number of imidazole rings is 1. The van der Waals surface area contributed by atoms with Gasteiger partial charge in [-0.1, -0.05) is 39.5 Å². The number of amides is 1. The Hall–Kier alpha value is -3.42. The normalized spacial score (nSPS) is 16.2. The molecule has 0 bridgehead atoms. The Kier molecular flexibility index (Phi) is 7.14. The van der Waals surface area contributed by atoms with Gasteiger partial charge < -0.3 is 15.7 Å². The van der Waals surface area contributed by atoms with Crippen LogP contribution in [-0.2, 0) is 4.79 Å². The van der Waals surface area contributed by atoms with Crippen molar-refractivity contribution in [1.29, 1.82) is 0 Å². The van der Waals surface area contributed by atoms with Crippen LogP contribution in [0.2, 0.25) is 0 Å². The Balaban J connectivity index is 1.70. The van der Waals surface area contributed by atoms with Crippen LogP contribution < -0.4 is 10.6 Å². The number of benzene rings is 1. The molecule has 1 saturated carbocycles. The number of pyridine rings is 1. The molecule has 0 spiro atoms. The van der Waals surface area contributed by atoms with Crippen LogP contribution in [0.25, 0.3) is 16.9 Å². The number of carboxylic acids is 1. The molecule has 4 rings (SSSR count). The van der Waals surface area contributed by atoms with Gasteiger partial charge in [0.15, 0.2) is 0 Å². The van der Waals surface area contributed by atoms with Crippen LogP contribution in [0.1, 0.15) is 62.7 Å². The molecule has 2 unspecified atom stereocenters. The lowest BCUT2D eigenvalue weighted by Gasteiger charge is -2.24. The number of rotatable bonds is 8. The summed E-state index contributed by atoms with van der Waals surface area (Å²) in [5.41, 5.74) is 2.35. The molecule has 0 aliphatic heterocycles. The second kappa shape index (κ2) is 10.2. The van der Waals surface area contributed by atoms with Crippen LogP contribution in [0.3, 0.4) is 0 Å². The van der Waals surface area contributed by atoms with Crippen LogP contribution in [0, 0.1) is 11.7 Å². The Labute approximate surface area is 198 Å². The van der Waals surface area contributed by atoms with E-state index in [1.807, 2.05) is 11.3 Å². The molecule has 34 heavy (non-hydrogen) atoms. The van der Waals surface area contributed by atoms with E-state index in [-0.39, 0.29) is 11.7 Å². The van der Waals surface area contributed by atoms with E-state index in [4.69, 9.17) is 4.98 Å². The summed E-state index contributed by atoms with van der Waals surface area (Å²) in [5, 5.41) is 15.8. The van der Waals surface area contributed by atoms with Crippen molar-refractivity contribution in [3.8, 4) is 11.3 Å². The van der Waals surface area contributed by atoms with Gasteiger partial charge in [0, 0.05) is 23.4 Å². The second-order valence-electron chi connectivity index (χ2n) is 9.11. The number of carboxylic acid groups (broad SMARTS) is 1. The van der Waals surface area contributed by atoms with Gasteiger partial charge in [0.2, 0.25) is 0 Å². The Morgan fingerprint density at radius 3 is 2.53 bits per heavy atom. The smallest absolute Gasteiger partial charge is 0.326 e. The minimum absolute atomic E-state index is 0.201. The minimum Gasteiger partial charge on any atom is -0.480 e. The lowest BCUT2D eigenvalue weighted by Crippen LogP contribution is -2.45. The zero-order chi connectivity index (χ0) is 24.2. The van der Waals surface area contributed by atoms with E-state index in [1.54, 1.807) is 37.4 Å². The van der Waals surface area contributed by atoms with Crippen molar-refractivity contribution < 1.29 is 19.1 Å². The Morgan fingerprint density at radius 1 is 1.18 bits per heavy atom. The van der Waals surface area contributed by atoms with E-state index in [2.05, 4.69) is 10.6 Å². The standard InChI is InChI=1S/C26H31FN4O3/c1-3-16(2)22(26(33)34)30-25(32)18-13-14-31-21(15-18)29-23(17-9-11-19(27)12-10-17)24(31)28-20-7-5-4-6-8-20/h9-16,20,22,28H,3-8H2,1-2H3,(H,30,32)(H,33,34). The zero-order valence-electron chi connectivity index (χ0n) is 19.6. The van der Waals surface area contributed by atoms with Gasteiger partial charge in [0.1, 0.15) is 29.0 Å². The highest BCUT2D eigenvalue weighted by Crippen LogP contribution is 2.32.